The number of ether oxygens (including phenoxy) is 1. The Morgan fingerprint density at radius 3 is 2.81 bits per heavy atom. The normalized spacial score (nSPS) is 9.88. The number of unbranched alkanes of at least 4 members (excludes halogenated alkanes) is 1. The zero-order valence-electron chi connectivity index (χ0n) is 8.91. The van der Waals surface area contributed by atoms with Gasteiger partial charge in [0.15, 0.2) is 0 Å². The topological polar surface area (TPSA) is 64.3 Å². The van der Waals surface area contributed by atoms with E-state index in [0.717, 1.165) is 22.2 Å². The van der Waals surface area contributed by atoms with Crippen molar-refractivity contribution in [2.75, 3.05) is 6.61 Å². The lowest BCUT2D eigenvalue weighted by Crippen LogP contribution is -2.29. The maximum absolute atomic E-state index is 10.8. The zero-order valence-corrected chi connectivity index (χ0v) is 11.1. The van der Waals surface area contributed by atoms with Crippen LogP contribution in [0.2, 0.25) is 0 Å². The van der Waals surface area contributed by atoms with Gasteiger partial charge in [-0.15, -0.1) is 0 Å². The molecule has 0 spiro atoms. The van der Waals surface area contributed by atoms with Gasteiger partial charge in [-0.25, -0.2) is 5.84 Å². The summed E-state index contributed by atoms with van der Waals surface area (Å²) in [5, 5.41) is 0. The summed E-state index contributed by atoms with van der Waals surface area (Å²) in [7, 11) is 0. The summed E-state index contributed by atoms with van der Waals surface area (Å²) < 4.78 is 6.68. The molecule has 0 aliphatic rings. The number of benzene rings is 1. The van der Waals surface area contributed by atoms with Crippen LogP contribution in [0.5, 0.6) is 5.75 Å². The van der Waals surface area contributed by atoms with Gasteiger partial charge in [0, 0.05) is 6.42 Å². The molecular formula is C11H15IN2O2. The summed E-state index contributed by atoms with van der Waals surface area (Å²) in [4.78, 5) is 10.8. The molecule has 0 saturated heterocycles. The Kier molecular flexibility index (Phi) is 6.17. The van der Waals surface area contributed by atoms with Gasteiger partial charge in [-0.05, 0) is 47.6 Å². The quantitative estimate of drug-likeness (QED) is 0.274. The van der Waals surface area contributed by atoms with Crippen molar-refractivity contribution in [2.45, 2.75) is 19.3 Å². The molecule has 4 nitrogen and oxygen atoms in total. The third-order valence-electron chi connectivity index (χ3n) is 2.05. The largest absolute Gasteiger partial charge is 0.492 e. The Hall–Kier alpha value is -0.820. The number of para-hydroxylation sites is 1. The van der Waals surface area contributed by atoms with E-state index in [1.54, 1.807) is 0 Å². The fourth-order valence-electron chi connectivity index (χ4n) is 1.20. The van der Waals surface area contributed by atoms with Crippen LogP contribution in [0.15, 0.2) is 24.3 Å². The molecule has 1 amide bonds. The molecular weight excluding hydrogens is 319 g/mol. The van der Waals surface area contributed by atoms with Crippen LogP contribution in [0.4, 0.5) is 0 Å². The fraction of sp³-hybridized carbons (Fsp3) is 0.364. The number of hydrazine groups is 1. The van der Waals surface area contributed by atoms with Gasteiger partial charge in [-0.3, -0.25) is 10.2 Å². The SMILES string of the molecule is NNC(=O)CCCCOc1ccccc1I. The van der Waals surface area contributed by atoms with Crippen LogP contribution in [0.25, 0.3) is 0 Å². The lowest BCUT2D eigenvalue weighted by atomic mass is 10.2. The Balaban J connectivity index is 2.17. The van der Waals surface area contributed by atoms with E-state index in [-0.39, 0.29) is 5.91 Å². The molecule has 5 heteroatoms. The molecule has 16 heavy (non-hydrogen) atoms. The second kappa shape index (κ2) is 7.45. The van der Waals surface area contributed by atoms with E-state index in [4.69, 9.17) is 10.6 Å². The number of nitrogens with one attached hydrogen (secondary N) is 1. The van der Waals surface area contributed by atoms with Gasteiger partial charge in [0.25, 0.3) is 0 Å². The van der Waals surface area contributed by atoms with Crippen molar-refractivity contribution in [3.8, 4) is 5.75 Å². The molecule has 0 aliphatic heterocycles. The van der Waals surface area contributed by atoms with Gasteiger partial charge in [0.05, 0.1) is 10.2 Å². The minimum atomic E-state index is -0.130. The number of amides is 1. The van der Waals surface area contributed by atoms with Crippen LogP contribution < -0.4 is 16.0 Å². The van der Waals surface area contributed by atoms with E-state index >= 15 is 0 Å². The van der Waals surface area contributed by atoms with E-state index < -0.39 is 0 Å². The van der Waals surface area contributed by atoms with Crippen LogP contribution >= 0.6 is 22.6 Å². The first-order valence-corrected chi connectivity index (χ1v) is 6.18. The molecule has 0 aliphatic carbocycles. The molecule has 1 aromatic carbocycles. The molecule has 0 fully saturated rings. The summed E-state index contributed by atoms with van der Waals surface area (Å²) in [6.45, 7) is 0.623. The Morgan fingerprint density at radius 1 is 1.38 bits per heavy atom. The van der Waals surface area contributed by atoms with Crippen molar-refractivity contribution in [3.05, 3.63) is 27.8 Å². The van der Waals surface area contributed by atoms with Gasteiger partial charge in [-0.1, -0.05) is 12.1 Å². The van der Waals surface area contributed by atoms with Crippen molar-refractivity contribution in [2.24, 2.45) is 5.84 Å². The molecule has 0 saturated carbocycles. The zero-order chi connectivity index (χ0) is 11.8. The number of carbonyl (C=O) groups is 1. The predicted octanol–water partition coefficient (Wildman–Crippen LogP) is 1.83. The Labute approximate surface area is 109 Å². The fourth-order valence-corrected chi connectivity index (χ4v) is 1.75. The number of hydrogen-bond donors (Lipinski definition) is 2. The molecule has 0 heterocycles. The number of rotatable bonds is 6. The van der Waals surface area contributed by atoms with E-state index in [1.165, 1.54) is 0 Å². The summed E-state index contributed by atoms with van der Waals surface area (Å²) >= 11 is 2.23. The molecule has 88 valence electrons. The number of nitrogens with two attached hydrogens (primary N) is 1. The average molecular weight is 334 g/mol. The first-order valence-electron chi connectivity index (χ1n) is 5.11. The van der Waals surface area contributed by atoms with E-state index in [9.17, 15) is 4.79 Å². The molecule has 3 N–H and O–H groups in total. The minimum Gasteiger partial charge on any atom is -0.492 e. The van der Waals surface area contributed by atoms with Crippen LogP contribution in [0, 0.1) is 3.57 Å². The number of hydrogen-bond acceptors (Lipinski definition) is 3. The summed E-state index contributed by atoms with van der Waals surface area (Å²) in [5.41, 5.74) is 2.10. The highest BCUT2D eigenvalue weighted by molar-refractivity contribution is 14.1. The second-order valence-corrected chi connectivity index (χ2v) is 4.47. The molecule has 0 bridgehead atoms. The van der Waals surface area contributed by atoms with Crippen LogP contribution in [0.3, 0.4) is 0 Å². The molecule has 1 aromatic rings. The highest BCUT2D eigenvalue weighted by atomic mass is 127. The van der Waals surface area contributed by atoms with Crippen molar-refractivity contribution < 1.29 is 9.53 Å². The molecule has 0 radical (unpaired) electrons. The van der Waals surface area contributed by atoms with E-state index in [2.05, 4.69) is 28.0 Å². The van der Waals surface area contributed by atoms with Crippen LogP contribution in [-0.2, 0) is 4.79 Å². The first-order chi connectivity index (χ1) is 7.74. The van der Waals surface area contributed by atoms with Gasteiger partial charge in [0.2, 0.25) is 5.91 Å². The standard InChI is InChI=1S/C11H15IN2O2/c12-9-5-1-2-6-10(9)16-8-4-3-7-11(15)14-13/h1-2,5-6H,3-4,7-8,13H2,(H,14,15). The van der Waals surface area contributed by atoms with Gasteiger partial charge in [0.1, 0.15) is 5.75 Å². The Morgan fingerprint density at radius 2 is 2.12 bits per heavy atom. The Bertz CT molecular complexity index is 345. The third-order valence-corrected chi connectivity index (χ3v) is 2.94. The van der Waals surface area contributed by atoms with E-state index in [0.29, 0.717) is 13.0 Å². The lowest BCUT2D eigenvalue weighted by molar-refractivity contribution is -0.121. The van der Waals surface area contributed by atoms with Gasteiger partial charge in [-0.2, -0.15) is 0 Å². The summed E-state index contributed by atoms with van der Waals surface area (Å²) in [6, 6.07) is 7.85. The summed E-state index contributed by atoms with van der Waals surface area (Å²) in [6.07, 6.45) is 2.08. The second-order valence-electron chi connectivity index (χ2n) is 3.30. The average Bonchev–Trinajstić information content (AvgIpc) is 2.30. The monoisotopic (exact) mass is 334 g/mol. The predicted molar refractivity (Wildman–Crippen MR) is 70.8 cm³/mol. The van der Waals surface area contributed by atoms with E-state index in [1.807, 2.05) is 24.3 Å². The maximum Gasteiger partial charge on any atom is 0.233 e. The molecule has 0 aromatic heterocycles. The maximum atomic E-state index is 10.8. The van der Waals surface area contributed by atoms with Crippen molar-refractivity contribution in [1.82, 2.24) is 5.43 Å². The van der Waals surface area contributed by atoms with Crippen LogP contribution in [-0.4, -0.2) is 12.5 Å². The van der Waals surface area contributed by atoms with Crippen LogP contribution in [0.1, 0.15) is 19.3 Å². The van der Waals surface area contributed by atoms with Gasteiger partial charge >= 0.3 is 0 Å². The number of carbonyl (C=O) groups excluding carboxylic acids is 1. The first kappa shape index (κ1) is 13.2. The summed E-state index contributed by atoms with van der Waals surface area (Å²) in [5.74, 6) is 5.73. The lowest BCUT2D eigenvalue weighted by Gasteiger charge is -2.07. The number of halogens is 1. The highest BCUT2D eigenvalue weighted by Crippen LogP contribution is 2.19. The molecule has 1 rings (SSSR count). The highest BCUT2D eigenvalue weighted by Gasteiger charge is 2.00. The van der Waals surface area contributed by atoms with Crippen molar-refractivity contribution in [1.29, 1.82) is 0 Å². The molecule has 0 atom stereocenters. The minimum absolute atomic E-state index is 0.130. The smallest absolute Gasteiger partial charge is 0.233 e. The van der Waals surface area contributed by atoms with Crippen molar-refractivity contribution in [3.63, 3.8) is 0 Å². The van der Waals surface area contributed by atoms with Crippen molar-refractivity contribution >= 4 is 28.5 Å². The van der Waals surface area contributed by atoms with Gasteiger partial charge < -0.3 is 4.74 Å². The third kappa shape index (κ3) is 4.80. The molecule has 0 unspecified atom stereocenters.